The molecule has 2 aromatic rings. The van der Waals surface area contributed by atoms with Crippen LogP contribution in [0.25, 0.3) is 11.2 Å². The summed E-state index contributed by atoms with van der Waals surface area (Å²) in [5.41, 5.74) is 1.93. The number of hydrogen-bond donors (Lipinski definition) is 0. The minimum Gasteiger partial charge on any atom is -0.330 e. The van der Waals surface area contributed by atoms with Crippen molar-refractivity contribution in [1.29, 1.82) is 0 Å². The fourth-order valence-electron chi connectivity index (χ4n) is 1.15. The van der Waals surface area contributed by atoms with E-state index in [2.05, 4.69) is 21.5 Å². The Morgan fingerprint density at radius 1 is 1.45 bits per heavy atom. The fraction of sp³-hybridized carbons (Fsp3) is 0.250. The Hall–Kier alpha value is -1.38. The Morgan fingerprint density at radius 2 is 2.36 bits per heavy atom. The lowest BCUT2D eigenvalue weighted by Gasteiger charge is -1.95. The van der Waals surface area contributed by atoms with E-state index in [4.69, 9.17) is 0 Å². The van der Waals surface area contributed by atoms with Crippen molar-refractivity contribution in [3.8, 4) is 0 Å². The highest BCUT2D eigenvalue weighted by atomic mass is 15.1. The molecule has 2 heterocycles. The fourth-order valence-corrected chi connectivity index (χ4v) is 1.15. The second-order valence-corrected chi connectivity index (χ2v) is 2.38. The van der Waals surface area contributed by atoms with Gasteiger partial charge in [0.1, 0.15) is 0 Å². The summed E-state index contributed by atoms with van der Waals surface area (Å²) in [5, 5.41) is 0. The van der Waals surface area contributed by atoms with Gasteiger partial charge in [-0.1, -0.05) is 0 Å². The highest BCUT2D eigenvalue weighted by molar-refractivity contribution is 5.70. The SMILES string of the molecule is CCn1cnc2ncccc21. The molecule has 0 saturated heterocycles. The number of rotatable bonds is 1. The molecule has 3 nitrogen and oxygen atoms in total. The molecule has 0 spiro atoms. The van der Waals surface area contributed by atoms with E-state index in [-0.39, 0.29) is 0 Å². The van der Waals surface area contributed by atoms with Gasteiger partial charge in [-0.15, -0.1) is 0 Å². The molecule has 0 aromatic carbocycles. The summed E-state index contributed by atoms with van der Waals surface area (Å²) in [6, 6.07) is 3.95. The zero-order valence-electron chi connectivity index (χ0n) is 6.36. The van der Waals surface area contributed by atoms with Gasteiger partial charge in [-0.3, -0.25) is 0 Å². The second-order valence-electron chi connectivity index (χ2n) is 2.38. The van der Waals surface area contributed by atoms with E-state index >= 15 is 0 Å². The maximum absolute atomic E-state index is 4.14. The minimum atomic E-state index is 0.828. The van der Waals surface area contributed by atoms with Crippen LogP contribution in [-0.4, -0.2) is 14.5 Å². The average Bonchev–Trinajstić information content (AvgIpc) is 2.47. The first-order valence-electron chi connectivity index (χ1n) is 3.67. The second kappa shape index (κ2) is 2.34. The van der Waals surface area contributed by atoms with Crippen LogP contribution in [0, 0.1) is 0 Å². The summed E-state index contributed by atoms with van der Waals surface area (Å²) in [6.45, 7) is 3.04. The van der Waals surface area contributed by atoms with E-state index in [1.165, 1.54) is 0 Å². The molecule has 2 rings (SSSR count). The van der Waals surface area contributed by atoms with E-state index in [0.29, 0.717) is 0 Å². The standard InChI is InChI=1S/C8H9N3/c1-2-11-6-10-8-7(11)4-3-5-9-8/h3-6H,2H2,1H3. The van der Waals surface area contributed by atoms with Gasteiger partial charge >= 0.3 is 0 Å². The lowest BCUT2D eigenvalue weighted by molar-refractivity contribution is 0.787. The highest BCUT2D eigenvalue weighted by Crippen LogP contribution is 2.07. The number of imidazole rings is 1. The van der Waals surface area contributed by atoms with Crippen LogP contribution in [0.1, 0.15) is 6.92 Å². The van der Waals surface area contributed by atoms with Crippen molar-refractivity contribution in [2.75, 3.05) is 0 Å². The monoisotopic (exact) mass is 147 g/mol. The quantitative estimate of drug-likeness (QED) is 0.611. The molecular weight excluding hydrogens is 138 g/mol. The van der Waals surface area contributed by atoms with Crippen molar-refractivity contribution in [2.24, 2.45) is 0 Å². The van der Waals surface area contributed by atoms with Crippen LogP contribution in [0.4, 0.5) is 0 Å². The normalized spacial score (nSPS) is 10.6. The van der Waals surface area contributed by atoms with E-state index in [1.807, 2.05) is 18.5 Å². The van der Waals surface area contributed by atoms with Gasteiger partial charge in [0.15, 0.2) is 5.65 Å². The molecule has 0 amide bonds. The predicted molar refractivity (Wildman–Crippen MR) is 43.2 cm³/mol. The summed E-state index contributed by atoms with van der Waals surface area (Å²) in [4.78, 5) is 8.26. The Kier molecular flexibility index (Phi) is 1.35. The van der Waals surface area contributed by atoms with Crippen LogP contribution in [0.15, 0.2) is 24.7 Å². The largest absolute Gasteiger partial charge is 0.330 e. The molecular formula is C8H9N3. The Morgan fingerprint density at radius 3 is 3.18 bits per heavy atom. The van der Waals surface area contributed by atoms with Crippen molar-refractivity contribution >= 4 is 11.2 Å². The third kappa shape index (κ3) is 0.888. The molecule has 0 fully saturated rings. The smallest absolute Gasteiger partial charge is 0.177 e. The molecule has 0 unspecified atom stereocenters. The number of aromatic nitrogens is 3. The van der Waals surface area contributed by atoms with E-state index in [9.17, 15) is 0 Å². The molecule has 3 heteroatoms. The maximum Gasteiger partial charge on any atom is 0.177 e. The van der Waals surface area contributed by atoms with Crippen LogP contribution < -0.4 is 0 Å². The third-order valence-electron chi connectivity index (χ3n) is 1.74. The number of nitrogens with zero attached hydrogens (tertiary/aromatic N) is 3. The zero-order chi connectivity index (χ0) is 7.68. The van der Waals surface area contributed by atoms with Crippen molar-refractivity contribution in [3.63, 3.8) is 0 Å². The first-order valence-corrected chi connectivity index (χ1v) is 3.67. The van der Waals surface area contributed by atoms with Crippen LogP contribution in [0.5, 0.6) is 0 Å². The first kappa shape index (κ1) is 6.34. The topological polar surface area (TPSA) is 30.7 Å². The van der Waals surface area contributed by atoms with Crippen LogP contribution in [-0.2, 0) is 6.54 Å². The summed E-state index contributed by atoms with van der Waals surface area (Å²) in [5.74, 6) is 0. The van der Waals surface area contributed by atoms with Gasteiger partial charge in [0.05, 0.1) is 11.8 Å². The highest BCUT2D eigenvalue weighted by Gasteiger charge is 1.98. The molecule has 0 atom stereocenters. The van der Waals surface area contributed by atoms with Gasteiger partial charge in [0, 0.05) is 12.7 Å². The predicted octanol–water partition coefficient (Wildman–Crippen LogP) is 1.45. The van der Waals surface area contributed by atoms with Gasteiger partial charge in [-0.05, 0) is 19.1 Å². The average molecular weight is 147 g/mol. The van der Waals surface area contributed by atoms with Gasteiger partial charge < -0.3 is 4.57 Å². The number of hydrogen-bond acceptors (Lipinski definition) is 2. The van der Waals surface area contributed by atoms with E-state index in [1.54, 1.807) is 6.20 Å². The lowest BCUT2D eigenvalue weighted by Crippen LogP contribution is -1.89. The summed E-state index contributed by atoms with van der Waals surface area (Å²) in [6.07, 6.45) is 3.58. The van der Waals surface area contributed by atoms with Gasteiger partial charge in [-0.25, -0.2) is 9.97 Å². The first-order chi connectivity index (χ1) is 5.42. The summed E-state index contributed by atoms with van der Waals surface area (Å²) in [7, 11) is 0. The zero-order valence-corrected chi connectivity index (χ0v) is 6.36. The van der Waals surface area contributed by atoms with Crippen LogP contribution >= 0.6 is 0 Å². The van der Waals surface area contributed by atoms with Crippen molar-refractivity contribution < 1.29 is 0 Å². The number of aryl methyl sites for hydroxylation is 1. The number of pyridine rings is 1. The molecule has 0 saturated carbocycles. The molecule has 0 bridgehead atoms. The summed E-state index contributed by atoms with van der Waals surface area (Å²) < 4.78 is 2.07. The Labute approximate surface area is 64.7 Å². The minimum absolute atomic E-state index is 0.828. The van der Waals surface area contributed by atoms with Gasteiger partial charge in [0.25, 0.3) is 0 Å². The van der Waals surface area contributed by atoms with Crippen LogP contribution in [0.2, 0.25) is 0 Å². The molecule has 56 valence electrons. The van der Waals surface area contributed by atoms with Crippen molar-refractivity contribution in [3.05, 3.63) is 24.7 Å². The summed E-state index contributed by atoms with van der Waals surface area (Å²) >= 11 is 0. The Balaban J connectivity index is 2.76. The van der Waals surface area contributed by atoms with Gasteiger partial charge in [-0.2, -0.15) is 0 Å². The Bertz CT molecular complexity index is 364. The molecule has 2 aromatic heterocycles. The van der Waals surface area contributed by atoms with E-state index < -0.39 is 0 Å². The van der Waals surface area contributed by atoms with E-state index in [0.717, 1.165) is 17.7 Å². The lowest BCUT2D eigenvalue weighted by atomic mass is 10.4. The van der Waals surface area contributed by atoms with Crippen LogP contribution in [0.3, 0.4) is 0 Å². The third-order valence-corrected chi connectivity index (χ3v) is 1.74. The molecule has 0 N–H and O–H groups in total. The molecule has 0 aliphatic heterocycles. The molecule has 0 aliphatic carbocycles. The maximum atomic E-state index is 4.14. The molecule has 0 aliphatic rings. The molecule has 0 radical (unpaired) electrons. The molecule has 11 heavy (non-hydrogen) atoms. The van der Waals surface area contributed by atoms with Crippen molar-refractivity contribution in [1.82, 2.24) is 14.5 Å². The van der Waals surface area contributed by atoms with Gasteiger partial charge in [0.2, 0.25) is 0 Å². The number of fused-ring (bicyclic) bond motifs is 1. The van der Waals surface area contributed by atoms with Crippen molar-refractivity contribution in [2.45, 2.75) is 13.5 Å².